The minimum Gasteiger partial charge on any atom is -0.478 e. The quantitative estimate of drug-likeness (QED) is 0.788. The predicted octanol–water partition coefficient (Wildman–Crippen LogP) is 3.32. The molecule has 2 rings (SSSR count). The molecule has 1 aliphatic rings. The number of benzene rings is 1. The van der Waals surface area contributed by atoms with E-state index in [9.17, 15) is 9.90 Å². The van der Waals surface area contributed by atoms with Crippen LogP contribution in [0.1, 0.15) is 30.1 Å². The van der Waals surface area contributed by atoms with E-state index in [1.54, 1.807) is 0 Å². The van der Waals surface area contributed by atoms with Crippen LogP contribution in [0.2, 0.25) is 0 Å². The van der Waals surface area contributed by atoms with Crippen LogP contribution in [-0.4, -0.2) is 23.9 Å². The number of hydrogen-bond donors (Lipinski definition) is 2. The molecule has 1 fully saturated rings. The lowest BCUT2D eigenvalue weighted by atomic mass is 10.1. The molecule has 0 saturated heterocycles. The molecule has 1 saturated carbocycles. The normalized spacial score (nSPS) is 16.6. The number of nitrogens with one attached hydrogen (secondary N) is 1. The Bertz CT molecular complexity index is 441. The van der Waals surface area contributed by atoms with Gasteiger partial charge in [-0.2, -0.15) is 0 Å². The van der Waals surface area contributed by atoms with Crippen molar-refractivity contribution >= 4 is 23.4 Å². The van der Waals surface area contributed by atoms with Gasteiger partial charge >= 0.3 is 5.97 Å². The van der Waals surface area contributed by atoms with Crippen LogP contribution in [-0.2, 0) is 0 Å². The van der Waals surface area contributed by atoms with Gasteiger partial charge in [0.15, 0.2) is 0 Å². The fourth-order valence-electron chi connectivity index (χ4n) is 1.77. The van der Waals surface area contributed by atoms with Crippen LogP contribution in [0.5, 0.6) is 0 Å². The molecule has 2 N–H and O–H groups in total. The van der Waals surface area contributed by atoms with E-state index < -0.39 is 5.97 Å². The first kappa shape index (κ1) is 12.3. The molecule has 1 aromatic rings. The molecule has 0 heterocycles. The van der Waals surface area contributed by atoms with Crippen LogP contribution in [0, 0.1) is 5.41 Å². The third-order valence-corrected chi connectivity index (χ3v) is 4.05. The molecule has 1 aromatic carbocycles. The van der Waals surface area contributed by atoms with Crippen LogP contribution in [0.4, 0.5) is 5.69 Å². The largest absolute Gasteiger partial charge is 0.478 e. The molecular formula is C13H17NO2S. The lowest BCUT2D eigenvalue weighted by Gasteiger charge is -2.15. The van der Waals surface area contributed by atoms with E-state index in [1.807, 2.05) is 24.5 Å². The summed E-state index contributed by atoms with van der Waals surface area (Å²) in [4.78, 5) is 12.1. The summed E-state index contributed by atoms with van der Waals surface area (Å²) in [7, 11) is 0. The SMILES string of the molecule is CSc1cccc(NCC2(C)CC2)c1C(=O)O. The van der Waals surface area contributed by atoms with Crippen LogP contribution in [0.15, 0.2) is 23.1 Å². The van der Waals surface area contributed by atoms with E-state index in [-0.39, 0.29) is 0 Å². The Hall–Kier alpha value is -1.16. The van der Waals surface area contributed by atoms with Crippen molar-refractivity contribution in [2.45, 2.75) is 24.7 Å². The fraction of sp³-hybridized carbons (Fsp3) is 0.462. The summed E-state index contributed by atoms with van der Waals surface area (Å²) in [5.74, 6) is -0.863. The Balaban J connectivity index is 2.22. The Morgan fingerprint density at radius 2 is 2.24 bits per heavy atom. The molecule has 0 bridgehead atoms. The molecule has 92 valence electrons. The first-order chi connectivity index (χ1) is 8.06. The number of thioether (sulfide) groups is 1. The molecule has 0 aliphatic heterocycles. The smallest absolute Gasteiger partial charge is 0.338 e. The van der Waals surface area contributed by atoms with E-state index in [2.05, 4.69) is 12.2 Å². The lowest BCUT2D eigenvalue weighted by Crippen LogP contribution is -2.14. The van der Waals surface area contributed by atoms with Crippen molar-refractivity contribution in [3.05, 3.63) is 23.8 Å². The van der Waals surface area contributed by atoms with Crippen molar-refractivity contribution in [3.63, 3.8) is 0 Å². The molecule has 4 heteroatoms. The number of carbonyl (C=O) groups is 1. The lowest BCUT2D eigenvalue weighted by molar-refractivity contribution is 0.0694. The number of rotatable bonds is 5. The van der Waals surface area contributed by atoms with Gasteiger partial charge < -0.3 is 10.4 Å². The molecule has 3 nitrogen and oxygen atoms in total. The summed E-state index contributed by atoms with van der Waals surface area (Å²) in [5, 5.41) is 12.5. The maximum atomic E-state index is 11.3. The van der Waals surface area contributed by atoms with E-state index in [0.717, 1.165) is 17.1 Å². The molecule has 0 atom stereocenters. The predicted molar refractivity (Wildman–Crippen MR) is 71.0 cm³/mol. The summed E-state index contributed by atoms with van der Waals surface area (Å²) in [6.07, 6.45) is 4.35. The number of aromatic carboxylic acids is 1. The van der Waals surface area contributed by atoms with Crippen molar-refractivity contribution < 1.29 is 9.90 Å². The highest BCUT2D eigenvalue weighted by Gasteiger charge is 2.37. The summed E-state index contributed by atoms with van der Waals surface area (Å²) >= 11 is 1.47. The summed E-state index contributed by atoms with van der Waals surface area (Å²) in [6.45, 7) is 3.07. The van der Waals surface area contributed by atoms with Crippen molar-refractivity contribution in [3.8, 4) is 0 Å². The van der Waals surface area contributed by atoms with Gasteiger partial charge in [-0.15, -0.1) is 11.8 Å². The third-order valence-electron chi connectivity index (χ3n) is 3.27. The maximum absolute atomic E-state index is 11.3. The zero-order valence-corrected chi connectivity index (χ0v) is 10.9. The Labute approximate surface area is 106 Å². The van der Waals surface area contributed by atoms with Crippen LogP contribution >= 0.6 is 11.8 Å². The van der Waals surface area contributed by atoms with Gasteiger partial charge in [0.25, 0.3) is 0 Å². The van der Waals surface area contributed by atoms with Gasteiger partial charge in [0.05, 0.1) is 5.56 Å². The molecule has 0 amide bonds. The summed E-state index contributed by atoms with van der Waals surface area (Å²) in [6, 6.07) is 5.59. The average molecular weight is 251 g/mol. The molecule has 0 radical (unpaired) electrons. The van der Waals surface area contributed by atoms with E-state index >= 15 is 0 Å². The van der Waals surface area contributed by atoms with Gasteiger partial charge in [-0.25, -0.2) is 4.79 Å². The molecule has 0 spiro atoms. The zero-order chi connectivity index (χ0) is 12.5. The van der Waals surface area contributed by atoms with Crippen molar-refractivity contribution in [1.29, 1.82) is 0 Å². The second-order valence-electron chi connectivity index (χ2n) is 4.85. The zero-order valence-electron chi connectivity index (χ0n) is 10.1. The second-order valence-corrected chi connectivity index (χ2v) is 5.70. The fourth-order valence-corrected chi connectivity index (χ4v) is 2.38. The maximum Gasteiger partial charge on any atom is 0.338 e. The highest BCUT2D eigenvalue weighted by atomic mass is 32.2. The Morgan fingerprint density at radius 1 is 1.53 bits per heavy atom. The van der Waals surface area contributed by atoms with E-state index in [0.29, 0.717) is 11.0 Å². The number of carboxylic acids is 1. The third kappa shape index (κ3) is 2.75. The summed E-state index contributed by atoms with van der Waals surface area (Å²) < 4.78 is 0. The van der Waals surface area contributed by atoms with Crippen molar-refractivity contribution in [1.82, 2.24) is 0 Å². The molecule has 17 heavy (non-hydrogen) atoms. The van der Waals surface area contributed by atoms with E-state index in [1.165, 1.54) is 24.6 Å². The Morgan fingerprint density at radius 3 is 2.76 bits per heavy atom. The first-order valence-corrected chi connectivity index (χ1v) is 6.92. The highest BCUT2D eigenvalue weighted by molar-refractivity contribution is 7.98. The van der Waals surface area contributed by atoms with Crippen LogP contribution in [0.25, 0.3) is 0 Å². The first-order valence-electron chi connectivity index (χ1n) is 5.70. The number of hydrogen-bond acceptors (Lipinski definition) is 3. The molecule has 0 aromatic heterocycles. The van der Waals surface area contributed by atoms with E-state index in [4.69, 9.17) is 0 Å². The van der Waals surface area contributed by atoms with Crippen LogP contribution in [0.3, 0.4) is 0 Å². The average Bonchev–Trinajstić information content (AvgIpc) is 3.04. The van der Waals surface area contributed by atoms with Gasteiger partial charge in [-0.3, -0.25) is 0 Å². The van der Waals surface area contributed by atoms with Crippen molar-refractivity contribution in [2.75, 3.05) is 18.1 Å². The topological polar surface area (TPSA) is 49.3 Å². The number of anilines is 1. The Kier molecular flexibility index (Phi) is 3.33. The van der Waals surface area contributed by atoms with Gasteiger partial charge in [0.2, 0.25) is 0 Å². The van der Waals surface area contributed by atoms with Gasteiger partial charge in [-0.1, -0.05) is 13.0 Å². The highest BCUT2D eigenvalue weighted by Crippen LogP contribution is 2.45. The molecule has 0 unspecified atom stereocenters. The monoisotopic (exact) mass is 251 g/mol. The summed E-state index contributed by atoms with van der Waals surface area (Å²) in [5.41, 5.74) is 1.49. The second kappa shape index (κ2) is 4.61. The standard InChI is InChI=1S/C13H17NO2S/c1-13(6-7-13)8-14-9-4-3-5-10(17-2)11(9)12(15)16/h3-5,14H,6-8H2,1-2H3,(H,15,16). The van der Waals surface area contributed by atoms with Gasteiger partial charge in [0.1, 0.15) is 0 Å². The van der Waals surface area contributed by atoms with Crippen molar-refractivity contribution in [2.24, 2.45) is 5.41 Å². The number of carboxylic acid groups (broad SMARTS) is 1. The minimum absolute atomic E-state index is 0.366. The van der Waals surface area contributed by atoms with Gasteiger partial charge in [-0.05, 0) is 36.6 Å². The molecule has 1 aliphatic carbocycles. The molecular weight excluding hydrogens is 234 g/mol. The van der Waals surface area contributed by atoms with Crippen LogP contribution < -0.4 is 5.32 Å². The minimum atomic E-state index is -0.863. The van der Waals surface area contributed by atoms with Gasteiger partial charge in [0, 0.05) is 17.1 Å².